The fraction of sp³-hybridized carbons (Fsp3) is 0.818. The van der Waals surface area contributed by atoms with E-state index in [1.165, 1.54) is 0 Å². The predicted octanol–water partition coefficient (Wildman–Crippen LogP) is -0.798. The van der Waals surface area contributed by atoms with E-state index in [9.17, 15) is 4.79 Å². The molecule has 0 aromatic heterocycles. The van der Waals surface area contributed by atoms with Gasteiger partial charge in [0.05, 0.1) is 6.61 Å². The summed E-state index contributed by atoms with van der Waals surface area (Å²) in [6, 6.07) is 0.0588. The van der Waals surface area contributed by atoms with Gasteiger partial charge in [0.25, 0.3) is 0 Å². The maximum Gasteiger partial charge on any atom is 0.241 e. The van der Waals surface area contributed by atoms with Gasteiger partial charge in [-0.25, -0.2) is 10.8 Å². The molecule has 0 heterocycles. The molecule has 1 amide bonds. The molecule has 7 heteroatoms. The fourth-order valence-electron chi connectivity index (χ4n) is 1.18. The molecule has 0 spiro atoms. The van der Waals surface area contributed by atoms with Crippen LogP contribution in [0.15, 0.2) is 4.99 Å². The summed E-state index contributed by atoms with van der Waals surface area (Å²) in [5.74, 6) is 5.98. The van der Waals surface area contributed by atoms with E-state index in [1.54, 1.807) is 7.11 Å². The molecule has 0 saturated carbocycles. The van der Waals surface area contributed by atoms with Gasteiger partial charge in [-0.2, -0.15) is 0 Å². The van der Waals surface area contributed by atoms with Crippen LogP contribution in [0, 0.1) is 5.92 Å². The van der Waals surface area contributed by atoms with Gasteiger partial charge in [0.1, 0.15) is 6.54 Å². The molecule has 18 heavy (non-hydrogen) atoms. The number of ether oxygens (including phenoxy) is 1. The van der Waals surface area contributed by atoms with Crippen molar-refractivity contribution >= 4 is 11.9 Å². The van der Waals surface area contributed by atoms with E-state index in [-0.39, 0.29) is 18.5 Å². The molecule has 1 unspecified atom stereocenters. The SMILES string of the molecule is COCC(C)NC(=NCC(=O)NCC(C)C)NN. The molecule has 0 bridgehead atoms. The number of guanidine groups is 1. The molecule has 0 aliphatic heterocycles. The first-order chi connectivity index (χ1) is 8.49. The van der Waals surface area contributed by atoms with Crippen LogP contribution < -0.4 is 21.9 Å². The number of amides is 1. The van der Waals surface area contributed by atoms with Gasteiger partial charge in [-0.3, -0.25) is 10.2 Å². The van der Waals surface area contributed by atoms with Crippen molar-refractivity contribution in [3.8, 4) is 0 Å². The Hall–Kier alpha value is -1.34. The monoisotopic (exact) mass is 259 g/mol. The van der Waals surface area contributed by atoms with E-state index in [4.69, 9.17) is 10.6 Å². The van der Waals surface area contributed by atoms with Crippen LogP contribution in [0.1, 0.15) is 20.8 Å². The van der Waals surface area contributed by atoms with Gasteiger partial charge < -0.3 is 15.4 Å². The van der Waals surface area contributed by atoms with Crippen LogP contribution in [0.2, 0.25) is 0 Å². The minimum absolute atomic E-state index is 0.0406. The van der Waals surface area contributed by atoms with Crippen molar-refractivity contribution in [2.75, 3.05) is 26.8 Å². The van der Waals surface area contributed by atoms with E-state index < -0.39 is 0 Å². The zero-order valence-electron chi connectivity index (χ0n) is 11.6. The molecule has 5 N–H and O–H groups in total. The first-order valence-corrected chi connectivity index (χ1v) is 6.02. The fourth-order valence-corrected chi connectivity index (χ4v) is 1.18. The number of carbonyl (C=O) groups is 1. The number of aliphatic imine (C=N–C) groups is 1. The van der Waals surface area contributed by atoms with Crippen molar-refractivity contribution in [3.05, 3.63) is 0 Å². The van der Waals surface area contributed by atoms with Crippen molar-refractivity contribution in [1.82, 2.24) is 16.1 Å². The molecular formula is C11H25N5O2. The second kappa shape index (κ2) is 9.67. The van der Waals surface area contributed by atoms with E-state index >= 15 is 0 Å². The van der Waals surface area contributed by atoms with Crippen LogP contribution >= 0.6 is 0 Å². The van der Waals surface area contributed by atoms with Crippen LogP contribution in [0.25, 0.3) is 0 Å². The van der Waals surface area contributed by atoms with Crippen molar-refractivity contribution in [2.24, 2.45) is 16.8 Å². The third kappa shape index (κ3) is 8.77. The molecule has 7 nitrogen and oxygen atoms in total. The number of methoxy groups -OCH3 is 1. The van der Waals surface area contributed by atoms with Crippen LogP contribution in [-0.2, 0) is 9.53 Å². The number of hydrogen-bond donors (Lipinski definition) is 4. The molecule has 0 rings (SSSR count). The number of nitrogens with two attached hydrogens (primary N) is 1. The molecule has 0 aromatic carbocycles. The summed E-state index contributed by atoms with van der Waals surface area (Å²) in [5.41, 5.74) is 2.41. The summed E-state index contributed by atoms with van der Waals surface area (Å²) in [4.78, 5) is 15.5. The molecule has 0 aliphatic carbocycles. The van der Waals surface area contributed by atoms with Crippen molar-refractivity contribution < 1.29 is 9.53 Å². The smallest absolute Gasteiger partial charge is 0.241 e. The highest BCUT2D eigenvalue weighted by atomic mass is 16.5. The van der Waals surface area contributed by atoms with Gasteiger partial charge in [0.2, 0.25) is 11.9 Å². The Labute approximate surface area is 109 Å². The van der Waals surface area contributed by atoms with Gasteiger partial charge in [-0.15, -0.1) is 0 Å². The van der Waals surface area contributed by atoms with Gasteiger partial charge in [0.15, 0.2) is 0 Å². The maximum atomic E-state index is 11.4. The van der Waals surface area contributed by atoms with Gasteiger partial charge >= 0.3 is 0 Å². The Morgan fingerprint density at radius 2 is 2.06 bits per heavy atom. The van der Waals surface area contributed by atoms with Crippen LogP contribution in [0.3, 0.4) is 0 Å². The van der Waals surface area contributed by atoms with Gasteiger partial charge in [0, 0.05) is 19.7 Å². The zero-order valence-corrected chi connectivity index (χ0v) is 11.6. The van der Waals surface area contributed by atoms with E-state index in [0.717, 1.165) is 0 Å². The standard InChI is InChI=1S/C11H25N5O2/c1-8(2)5-13-10(17)6-14-11(16-12)15-9(3)7-18-4/h8-9H,5-7,12H2,1-4H3,(H,13,17)(H2,14,15,16). The summed E-state index contributed by atoms with van der Waals surface area (Å²) in [6.45, 7) is 7.20. The molecule has 0 aliphatic rings. The van der Waals surface area contributed by atoms with Crippen LogP contribution in [0.5, 0.6) is 0 Å². The Morgan fingerprint density at radius 1 is 1.39 bits per heavy atom. The van der Waals surface area contributed by atoms with Crippen LogP contribution in [0.4, 0.5) is 0 Å². The normalized spacial score (nSPS) is 13.3. The summed E-state index contributed by atoms with van der Waals surface area (Å²) in [6.07, 6.45) is 0. The highest BCUT2D eigenvalue weighted by molar-refractivity contribution is 5.84. The quantitative estimate of drug-likeness (QED) is 0.208. The van der Waals surface area contributed by atoms with E-state index in [0.29, 0.717) is 25.0 Å². The predicted molar refractivity (Wildman–Crippen MR) is 71.9 cm³/mol. The minimum atomic E-state index is -0.127. The summed E-state index contributed by atoms with van der Waals surface area (Å²) in [7, 11) is 1.62. The molecule has 106 valence electrons. The highest BCUT2D eigenvalue weighted by Gasteiger charge is 2.05. The number of nitrogens with zero attached hydrogens (tertiary/aromatic N) is 1. The third-order valence-electron chi connectivity index (χ3n) is 2.02. The van der Waals surface area contributed by atoms with Gasteiger partial charge in [-0.1, -0.05) is 13.8 Å². The number of carbonyl (C=O) groups excluding carboxylic acids is 1. The number of hydrogen-bond acceptors (Lipinski definition) is 4. The first kappa shape index (κ1) is 16.7. The van der Waals surface area contributed by atoms with E-state index in [2.05, 4.69) is 21.1 Å². The number of hydrazine groups is 1. The Bertz CT molecular complexity index is 268. The lowest BCUT2D eigenvalue weighted by atomic mass is 10.2. The topological polar surface area (TPSA) is 101 Å². The molecular weight excluding hydrogens is 234 g/mol. The second-order valence-electron chi connectivity index (χ2n) is 4.51. The molecule has 0 saturated heterocycles. The first-order valence-electron chi connectivity index (χ1n) is 6.02. The Balaban J connectivity index is 4.06. The van der Waals surface area contributed by atoms with Crippen LogP contribution in [-0.4, -0.2) is 44.7 Å². The highest BCUT2D eigenvalue weighted by Crippen LogP contribution is 1.87. The van der Waals surface area contributed by atoms with Crippen molar-refractivity contribution in [2.45, 2.75) is 26.8 Å². The van der Waals surface area contributed by atoms with E-state index in [1.807, 2.05) is 20.8 Å². The number of nitrogens with one attached hydrogen (secondary N) is 3. The molecule has 0 radical (unpaired) electrons. The Kier molecular flexibility index (Phi) is 8.95. The zero-order chi connectivity index (χ0) is 14.0. The average molecular weight is 259 g/mol. The molecule has 1 atom stereocenters. The summed E-state index contributed by atoms with van der Waals surface area (Å²) < 4.78 is 4.97. The molecule has 0 fully saturated rings. The lowest BCUT2D eigenvalue weighted by Gasteiger charge is -2.15. The summed E-state index contributed by atoms with van der Waals surface area (Å²) >= 11 is 0. The lowest BCUT2D eigenvalue weighted by molar-refractivity contribution is -0.119. The lowest BCUT2D eigenvalue weighted by Crippen LogP contribution is -2.47. The largest absolute Gasteiger partial charge is 0.383 e. The summed E-state index contributed by atoms with van der Waals surface area (Å²) in [5, 5.41) is 5.77. The van der Waals surface area contributed by atoms with Crippen molar-refractivity contribution in [3.63, 3.8) is 0 Å². The maximum absolute atomic E-state index is 11.4. The molecule has 0 aromatic rings. The third-order valence-corrected chi connectivity index (χ3v) is 2.02. The second-order valence-corrected chi connectivity index (χ2v) is 4.51. The van der Waals surface area contributed by atoms with Gasteiger partial charge in [-0.05, 0) is 12.8 Å². The average Bonchev–Trinajstić information content (AvgIpc) is 2.32. The number of rotatable bonds is 7. The Morgan fingerprint density at radius 3 is 2.56 bits per heavy atom. The minimum Gasteiger partial charge on any atom is -0.383 e. The van der Waals surface area contributed by atoms with Crippen molar-refractivity contribution in [1.29, 1.82) is 0 Å².